The molecule has 0 spiro atoms. The summed E-state index contributed by atoms with van der Waals surface area (Å²) in [6, 6.07) is 6.42. The molecule has 148 valence electrons. The molecule has 1 aromatic rings. The van der Waals surface area contributed by atoms with Gasteiger partial charge < -0.3 is 14.4 Å². The van der Waals surface area contributed by atoms with Gasteiger partial charge in [0.2, 0.25) is 5.91 Å². The summed E-state index contributed by atoms with van der Waals surface area (Å²) < 4.78 is 11.5. The van der Waals surface area contributed by atoms with E-state index in [-0.39, 0.29) is 25.8 Å². The Labute approximate surface area is 162 Å². The Morgan fingerprint density at radius 2 is 1.89 bits per heavy atom. The Bertz CT molecular complexity index is 824. The maximum absolute atomic E-state index is 12.6. The molecule has 1 aromatic carbocycles. The van der Waals surface area contributed by atoms with Gasteiger partial charge in [0.25, 0.3) is 0 Å². The number of amides is 5. The van der Waals surface area contributed by atoms with Crippen LogP contribution in [-0.2, 0) is 14.4 Å². The zero-order valence-electron chi connectivity index (χ0n) is 15.5. The van der Waals surface area contributed by atoms with Crippen LogP contribution >= 0.6 is 0 Å². The number of hydrogen-bond donors (Lipinski definition) is 0. The van der Waals surface area contributed by atoms with Crippen molar-refractivity contribution in [3.05, 3.63) is 36.9 Å². The molecule has 9 nitrogen and oxygen atoms in total. The quantitative estimate of drug-likeness (QED) is 0.387. The number of urea groups is 1. The zero-order valence-corrected chi connectivity index (χ0v) is 15.5. The van der Waals surface area contributed by atoms with Crippen molar-refractivity contribution in [2.75, 3.05) is 32.8 Å². The Hall–Kier alpha value is -3.36. The molecule has 1 saturated heterocycles. The molecule has 1 atom stereocenters. The van der Waals surface area contributed by atoms with Gasteiger partial charge in [0.15, 0.2) is 17.6 Å². The molecule has 28 heavy (non-hydrogen) atoms. The van der Waals surface area contributed by atoms with Gasteiger partial charge in [-0.05, 0) is 19.1 Å². The topological polar surface area (TPSA) is 96.5 Å². The van der Waals surface area contributed by atoms with Crippen LogP contribution in [0.15, 0.2) is 36.9 Å². The van der Waals surface area contributed by atoms with Gasteiger partial charge in [0.1, 0.15) is 13.2 Å². The SMILES string of the molecule is C=CCN1C(=O)C(=O)N(CC(=O)N(CC)C[C@@H]2COc3ccccc3O2)C1=O. The zero-order chi connectivity index (χ0) is 20.3. The smallest absolute Gasteiger partial charge is 0.335 e. The van der Waals surface area contributed by atoms with Crippen LogP contribution in [0.4, 0.5) is 4.79 Å². The number of hydrogen-bond acceptors (Lipinski definition) is 6. The maximum Gasteiger partial charge on any atom is 0.335 e. The van der Waals surface area contributed by atoms with E-state index in [1.165, 1.54) is 11.0 Å². The maximum atomic E-state index is 12.6. The van der Waals surface area contributed by atoms with E-state index in [4.69, 9.17) is 9.47 Å². The highest BCUT2D eigenvalue weighted by Crippen LogP contribution is 2.31. The van der Waals surface area contributed by atoms with E-state index >= 15 is 0 Å². The third-order valence-corrected chi connectivity index (χ3v) is 4.47. The summed E-state index contributed by atoms with van der Waals surface area (Å²) in [6.07, 6.45) is 0.952. The third kappa shape index (κ3) is 3.68. The van der Waals surface area contributed by atoms with Gasteiger partial charge in [-0.25, -0.2) is 9.69 Å². The van der Waals surface area contributed by atoms with Crippen LogP contribution in [0.1, 0.15) is 6.92 Å². The summed E-state index contributed by atoms with van der Waals surface area (Å²) in [5.74, 6) is -1.19. The van der Waals surface area contributed by atoms with Gasteiger partial charge in [-0.3, -0.25) is 19.3 Å². The summed E-state index contributed by atoms with van der Waals surface area (Å²) in [5.41, 5.74) is 0. The third-order valence-electron chi connectivity index (χ3n) is 4.47. The number of ether oxygens (including phenoxy) is 2. The van der Waals surface area contributed by atoms with Crippen LogP contribution in [0.3, 0.4) is 0 Å². The number of imide groups is 2. The van der Waals surface area contributed by atoms with Crippen molar-refractivity contribution in [1.29, 1.82) is 0 Å². The van der Waals surface area contributed by atoms with Gasteiger partial charge in [0, 0.05) is 13.1 Å². The van der Waals surface area contributed by atoms with Gasteiger partial charge in [-0.1, -0.05) is 18.2 Å². The second kappa shape index (κ2) is 8.12. The highest BCUT2D eigenvalue weighted by molar-refractivity contribution is 6.45. The Morgan fingerprint density at radius 1 is 1.21 bits per heavy atom. The van der Waals surface area contributed by atoms with Crippen LogP contribution in [0.5, 0.6) is 11.5 Å². The van der Waals surface area contributed by atoms with Crippen molar-refractivity contribution in [1.82, 2.24) is 14.7 Å². The highest BCUT2D eigenvalue weighted by Gasteiger charge is 2.45. The molecule has 2 aliphatic rings. The summed E-state index contributed by atoms with van der Waals surface area (Å²) in [4.78, 5) is 51.7. The molecule has 3 rings (SSSR count). The van der Waals surface area contributed by atoms with Crippen LogP contribution < -0.4 is 9.47 Å². The Balaban J connectivity index is 1.63. The summed E-state index contributed by atoms with van der Waals surface area (Å²) >= 11 is 0. The van der Waals surface area contributed by atoms with Gasteiger partial charge >= 0.3 is 17.8 Å². The summed E-state index contributed by atoms with van der Waals surface area (Å²) in [6.45, 7) is 5.48. The molecule has 2 aliphatic heterocycles. The molecule has 9 heteroatoms. The standard InChI is InChI=1S/C19H21N3O6/c1-3-9-21-17(24)18(25)22(19(21)26)11-16(23)20(4-2)10-13-12-27-14-7-5-6-8-15(14)28-13/h3,5-8,13H,1,4,9-12H2,2H3/t13-/m1/s1. The van der Waals surface area contributed by atoms with E-state index in [0.717, 1.165) is 4.90 Å². The molecule has 0 bridgehead atoms. The lowest BCUT2D eigenvalue weighted by Gasteiger charge is -2.31. The average Bonchev–Trinajstić information content (AvgIpc) is 2.90. The minimum atomic E-state index is -1.01. The van der Waals surface area contributed by atoms with Crippen LogP contribution in [0.2, 0.25) is 0 Å². The average molecular weight is 387 g/mol. The molecule has 0 unspecified atom stereocenters. The van der Waals surface area contributed by atoms with E-state index in [1.807, 2.05) is 12.1 Å². The van der Waals surface area contributed by atoms with E-state index < -0.39 is 30.3 Å². The van der Waals surface area contributed by atoms with Crippen molar-refractivity contribution in [3.63, 3.8) is 0 Å². The van der Waals surface area contributed by atoms with E-state index in [2.05, 4.69) is 6.58 Å². The number of para-hydroxylation sites is 2. The summed E-state index contributed by atoms with van der Waals surface area (Å²) in [5, 5.41) is 0. The molecular formula is C19H21N3O6. The first-order valence-corrected chi connectivity index (χ1v) is 8.90. The van der Waals surface area contributed by atoms with Gasteiger partial charge in [-0.15, -0.1) is 6.58 Å². The number of carbonyl (C=O) groups is 4. The lowest BCUT2D eigenvalue weighted by atomic mass is 10.2. The van der Waals surface area contributed by atoms with E-state index in [9.17, 15) is 19.2 Å². The lowest BCUT2D eigenvalue weighted by Crippen LogP contribution is -2.48. The molecule has 0 aromatic heterocycles. The lowest BCUT2D eigenvalue weighted by molar-refractivity contribution is -0.145. The van der Waals surface area contributed by atoms with Crippen molar-refractivity contribution in [2.45, 2.75) is 13.0 Å². The molecular weight excluding hydrogens is 366 g/mol. The highest BCUT2D eigenvalue weighted by atomic mass is 16.6. The number of benzene rings is 1. The number of fused-ring (bicyclic) bond motifs is 1. The van der Waals surface area contributed by atoms with Gasteiger partial charge in [-0.2, -0.15) is 0 Å². The normalized spacial score (nSPS) is 18.5. The first-order valence-electron chi connectivity index (χ1n) is 8.90. The minimum absolute atomic E-state index is 0.0851. The second-order valence-electron chi connectivity index (χ2n) is 6.31. The van der Waals surface area contributed by atoms with Gasteiger partial charge in [0.05, 0.1) is 6.54 Å². The van der Waals surface area contributed by atoms with Crippen LogP contribution in [0, 0.1) is 0 Å². The minimum Gasteiger partial charge on any atom is -0.486 e. The van der Waals surface area contributed by atoms with Crippen molar-refractivity contribution < 1.29 is 28.7 Å². The van der Waals surface area contributed by atoms with Crippen LogP contribution in [0.25, 0.3) is 0 Å². The van der Waals surface area contributed by atoms with Crippen molar-refractivity contribution in [2.24, 2.45) is 0 Å². The molecule has 0 radical (unpaired) electrons. The molecule has 1 fully saturated rings. The monoisotopic (exact) mass is 387 g/mol. The fraction of sp³-hybridized carbons (Fsp3) is 0.368. The van der Waals surface area contributed by atoms with Crippen molar-refractivity contribution >= 4 is 23.8 Å². The fourth-order valence-corrected chi connectivity index (χ4v) is 3.02. The number of rotatable bonds is 7. The Morgan fingerprint density at radius 3 is 2.57 bits per heavy atom. The number of likely N-dealkylation sites (N-methyl/N-ethyl adjacent to an activating group) is 1. The van der Waals surface area contributed by atoms with Crippen molar-refractivity contribution in [3.8, 4) is 11.5 Å². The molecule has 5 amide bonds. The predicted molar refractivity (Wildman–Crippen MR) is 97.6 cm³/mol. The Kier molecular flexibility index (Phi) is 5.62. The largest absolute Gasteiger partial charge is 0.486 e. The predicted octanol–water partition coefficient (Wildman–Crippen LogP) is 0.652. The van der Waals surface area contributed by atoms with Crippen LogP contribution in [-0.4, -0.2) is 77.3 Å². The molecule has 0 saturated carbocycles. The number of nitrogens with zero attached hydrogens (tertiary/aromatic N) is 3. The molecule has 2 heterocycles. The first kappa shape index (κ1) is 19.4. The molecule has 0 N–H and O–H groups in total. The number of carbonyl (C=O) groups excluding carboxylic acids is 4. The molecule has 0 aliphatic carbocycles. The summed E-state index contributed by atoms with van der Waals surface area (Å²) in [7, 11) is 0. The second-order valence-corrected chi connectivity index (χ2v) is 6.31. The fourth-order valence-electron chi connectivity index (χ4n) is 3.02. The first-order chi connectivity index (χ1) is 13.5. The van der Waals surface area contributed by atoms with E-state index in [1.54, 1.807) is 19.1 Å². The van der Waals surface area contributed by atoms with E-state index in [0.29, 0.717) is 22.9 Å².